The van der Waals surface area contributed by atoms with E-state index < -0.39 is 0 Å². The van der Waals surface area contributed by atoms with Crippen LogP contribution in [0.5, 0.6) is 0 Å². The third-order valence-electron chi connectivity index (χ3n) is 3.60. The molecule has 3 rings (SSSR count). The van der Waals surface area contributed by atoms with Crippen LogP contribution in [-0.2, 0) is 0 Å². The molecule has 1 heterocycles. The minimum absolute atomic E-state index is 0.294. The first kappa shape index (κ1) is 10.3. The summed E-state index contributed by atoms with van der Waals surface area (Å²) < 4.78 is 1.12. The van der Waals surface area contributed by atoms with Crippen LogP contribution in [0.4, 0.5) is 0 Å². The van der Waals surface area contributed by atoms with Crippen molar-refractivity contribution < 1.29 is 0 Å². The first-order chi connectivity index (χ1) is 7.77. The van der Waals surface area contributed by atoms with Gasteiger partial charge in [-0.25, -0.2) is 0 Å². The molecule has 1 aromatic rings. The third kappa shape index (κ3) is 1.77. The van der Waals surface area contributed by atoms with Crippen LogP contribution < -0.4 is 5.32 Å². The lowest BCUT2D eigenvalue weighted by Crippen LogP contribution is -2.43. The molecule has 2 aliphatic rings. The van der Waals surface area contributed by atoms with Crippen LogP contribution in [0, 0.1) is 0 Å². The first-order valence-electron chi connectivity index (χ1n) is 5.86. The molecule has 1 spiro atoms. The molecule has 0 unspecified atom stereocenters. The van der Waals surface area contributed by atoms with Gasteiger partial charge in [-0.1, -0.05) is 40.9 Å². The van der Waals surface area contributed by atoms with Gasteiger partial charge >= 0.3 is 0 Å². The molecule has 0 bridgehead atoms. The highest BCUT2D eigenvalue weighted by molar-refractivity contribution is 9.10. The maximum Gasteiger partial charge on any atom is 0.128 e. The molecule has 0 radical (unpaired) electrons. The summed E-state index contributed by atoms with van der Waals surface area (Å²) in [5.41, 5.74) is 1.49. The Morgan fingerprint density at radius 2 is 1.81 bits per heavy atom. The van der Waals surface area contributed by atoms with Gasteiger partial charge in [-0.3, -0.25) is 4.99 Å². The molecule has 1 aliphatic carbocycles. The van der Waals surface area contributed by atoms with Gasteiger partial charge in [0.1, 0.15) is 5.84 Å². The monoisotopic (exact) mass is 278 g/mol. The molecule has 2 nitrogen and oxygen atoms in total. The normalized spacial score (nSPS) is 22.2. The second-order valence-electron chi connectivity index (χ2n) is 4.78. The molecule has 0 aromatic heterocycles. The van der Waals surface area contributed by atoms with E-state index in [1.165, 1.54) is 31.2 Å². The summed E-state index contributed by atoms with van der Waals surface area (Å²) in [4.78, 5) is 4.66. The van der Waals surface area contributed by atoms with Crippen molar-refractivity contribution in [2.45, 2.75) is 31.2 Å². The van der Waals surface area contributed by atoms with E-state index in [0.29, 0.717) is 5.54 Å². The summed E-state index contributed by atoms with van der Waals surface area (Å²) in [6, 6.07) is 8.37. The second-order valence-corrected chi connectivity index (χ2v) is 5.70. The smallest absolute Gasteiger partial charge is 0.128 e. The summed E-state index contributed by atoms with van der Waals surface area (Å²) in [5, 5.41) is 3.64. The van der Waals surface area contributed by atoms with Crippen LogP contribution in [0.15, 0.2) is 33.7 Å². The first-order valence-corrected chi connectivity index (χ1v) is 6.65. The lowest BCUT2D eigenvalue weighted by molar-refractivity contribution is 0.427. The summed E-state index contributed by atoms with van der Waals surface area (Å²) in [6.07, 6.45) is 5.24. The maximum atomic E-state index is 4.66. The predicted octanol–water partition coefficient (Wildman–Crippen LogP) is 3.11. The van der Waals surface area contributed by atoms with E-state index in [0.717, 1.165) is 16.9 Å². The molecule has 1 N–H and O–H groups in total. The zero-order chi connectivity index (χ0) is 11.0. The van der Waals surface area contributed by atoms with Gasteiger partial charge in [0.05, 0.1) is 12.1 Å². The van der Waals surface area contributed by atoms with Crippen LogP contribution in [0.3, 0.4) is 0 Å². The van der Waals surface area contributed by atoms with Crippen molar-refractivity contribution in [2.24, 2.45) is 4.99 Å². The Morgan fingerprint density at radius 1 is 1.12 bits per heavy atom. The van der Waals surface area contributed by atoms with Crippen LogP contribution in [-0.4, -0.2) is 17.9 Å². The number of amidine groups is 1. The number of halogens is 1. The lowest BCUT2D eigenvalue weighted by atomic mass is 9.99. The van der Waals surface area contributed by atoms with E-state index in [1.54, 1.807) is 0 Å². The van der Waals surface area contributed by atoms with Crippen LogP contribution in [0.1, 0.15) is 31.2 Å². The quantitative estimate of drug-likeness (QED) is 0.839. The Hall–Kier alpha value is -0.830. The number of benzene rings is 1. The Kier molecular flexibility index (Phi) is 2.51. The predicted molar refractivity (Wildman–Crippen MR) is 69.9 cm³/mol. The Bertz CT molecular complexity index is 416. The van der Waals surface area contributed by atoms with E-state index in [-0.39, 0.29) is 0 Å². The van der Waals surface area contributed by atoms with Crippen molar-refractivity contribution in [3.05, 3.63) is 34.3 Å². The third-order valence-corrected chi connectivity index (χ3v) is 4.13. The molecule has 0 saturated heterocycles. The van der Waals surface area contributed by atoms with E-state index in [1.807, 2.05) is 0 Å². The van der Waals surface area contributed by atoms with Crippen molar-refractivity contribution in [2.75, 3.05) is 6.54 Å². The van der Waals surface area contributed by atoms with Gasteiger partial charge in [0, 0.05) is 10.0 Å². The molecule has 1 fully saturated rings. The van der Waals surface area contributed by atoms with Gasteiger partial charge in [0.25, 0.3) is 0 Å². The van der Waals surface area contributed by atoms with E-state index in [4.69, 9.17) is 0 Å². The molecule has 0 amide bonds. The topological polar surface area (TPSA) is 24.4 Å². The molecule has 1 aliphatic heterocycles. The molecule has 84 valence electrons. The fourth-order valence-electron chi connectivity index (χ4n) is 2.67. The van der Waals surface area contributed by atoms with Crippen LogP contribution in [0.2, 0.25) is 0 Å². The fourth-order valence-corrected chi connectivity index (χ4v) is 2.93. The number of hydrogen-bond acceptors (Lipinski definition) is 2. The zero-order valence-electron chi connectivity index (χ0n) is 9.17. The average molecular weight is 279 g/mol. The van der Waals surface area contributed by atoms with E-state index >= 15 is 0 Å². The molecule has 16 heavy (non-hydrogen) atoms. The second kappa shape index (κ2) is 3.88. The number of nitrogens with zero attached hydrogens (tertiary/aromatic N) is 1. The van der Waals surface area contributed by atoms with Crippen LogP contribution in [0.25, 0.3) is 0 Å². The summed E-state index contributed by atoms with van der Waals surface area (Å²) in [6.45, 7) is 0.957. The number of aliphatic imine (C=N–C) groups is 1. The fraction of sp³-hybridized carbons (Fsp3) is 0.462. The summed E-state index contributed by atoms with van der Waals surface area (Å²) >= 11 is 3.45. The van der Waals surface area contributed by atoms with Crippen molar-refractivity contribution in [1.29, 1.82) is 0 Å². The van der Waals surface area contributed by atoms with E-state index in [2.05, 4.69) is 50.5 Å². The van der Waals surface area contributed by atoms with Crippen molar-refractivity contribution in [1.82, 2.24) is 5.32 Å². The average Bonchev–Trinajstić information content (AvgIpc) is 2.91. The summed E-state index contributed by atoms with van der Waals surface area (Å²) in [5.74, 6) is 1.08. The van der Waals surface area contributed by atoms with Crippen molar-refractivity contribution in [3.63, 3.8) is 0 Å². The Labute approximate surface area is 104 Å². The van der Waals surface area contributed by atoms with Crippen molar-refractivity contribution >= 4 is 21.8 Å². The van der Waals surface area contributed by atoms with Gasteiger partial charge < -0.3 is 5.32 Å². The lowest BCUT2D eigenvalue weighted by Gasteiger charge is -2.23. The number of hydrogen-bond donors (Lipinski definition) is 1. The largest absolute Gasteiger partial charge is 0.363 e. The molecule has 0 atom stereocenters. The SMILES string of the molecule is Brc1ccc(C2=NCC3(CCCC3)N2)cc1. The number of nitrogens with one attached hydrogen (secondary N) is 1. The highest BCUT2D eigenvalue weighted by atomic mass is 79.9. The molecule has 3 heteroatoms. The van der Waals surface area contributed by atoms with Gasteiger partial charge in [-0.2, -0.15) is 0 Å². The Morgan fingerprint density at radius 3 is 2.50 bits per heavy atom. The summed E-state index contributed by atoms with van der Waals surface area (Å²) in [7, 11) is 0. The van der Waals surface area contributed by atoms with Gasteiger partial charge in [-0.05, 0) is 25.0 Å². The van der Waals surface area contributed by atoms with Crippen LogP contribution >= 0.6 is 15.9 Å². The van der Waals surface area contributed by atoms with Gasteiger partial charge in [0.15, 0.2) is 0 Å². The minimum atomic E-state index is 0.294. The maximum absolute atomic E-state index is 4.66. The molecular formula is C13H15BrN2. The molecule has 1 aromatic carbocycles. The Balaban J connectivity index is 1.80. The van der Waals surface area contributed by atoms with E-state index in [9.17, 15) is 0 Å². The highest BCUT2D eigenvalue weighted by Gasteiger charge is 2.38. The standard InChI is InChI=1S/C13H15BrN2/c14-11-5-3-10(4-6-11)12-15-9-13(16-12)7-1-2-8-13/h3-6H,1-2,7-9H2,(H,15,16). The highest BCUT2D eigenvalue weighted by Crippen LogP contribution is 2.33. The number of rotatable bonds is 1. The molecule has 1 saturated carbocycles. The van der Waals surface area contributed by atoms with Gasteiger partial charge in [0.2, 0.25) is 0 Å². The minimum Gasteiger partial charge on any atom is -0.363 e. The van der Waals surface area contributed by atoms with Crippen molar-refractivity contribution in [3.8, 4) is 0 Å². The van der Waals surface area contributed by atoms with Gasteiger partial charge in [-0.15, -0.1) is 0 Å². The zero-order valence-corrected chi connectivity index (χ0v) is 10.8. The molecular weight excluding hydrogens is 264 g/mol.